The van der Waals surface area contributed by atoms with Crippen LogP contribution < -0.4 is 10.2 Å². The molecular formula is C25H33ClN8O. The number of likely N-dealkylation sites (tertiary alicyclic amines) is 1. The van der Waals surface area contributed by atoms with E-state index in [1.807, 2.05) is 30.3 Å². The lowest BCUT2D eigenvalue weighted by Crippen LogP contribution is -2.45. The van der Waals surface area contributed by atoms with Gasteiger partial charge in [0.05, 0.1) is 0 Å². The Balaban J connectivity index is 1.10. The van der Waals surface area contributed by atoms with Gasteiger partial charge in [0.25, 0.3) is 0 Å². The van der Waals surface area contributed by atoms with E-state index in [0.717, 1.165) is 75.3 Å². The minimum absolute atomic E-state index is 0.0604. The number of carbonyl (C=O) groups excluding carboxylic acids is 1. The largest absolute Gasteiger partial charge is 0.353 e. The first-order valence-corrected chi connectivity index (χ1v) is 12.8. The van der Waals surface area contributed by atoms with E-state index < -0.39 is 0 Å². The highest BCUT2D eigenvalue weighted by Gasteiger charge is 2.22. The standard InChI is InChI=1S/C25H33ClN8O/c1-31-13-15-33(16-14-31)24-6-5-22-28-29-23(34(22)30-24)7-8-25(35)27-21-9-11-32(12-10-21)18-19-3-2-4-20(26)17-19/h2-6,17,21H,7-16,18H2,1H3,(H,27,35). The van der Waals surface area contributed by atoms with Crippen LogP contribution in [-0.2, 0) is 17.8 Å². The maximum atomic E-state index is 12.7. The van der Waals surface area contributed by atoms with Gasteiger partial charge in [-0.1, -0.05) is 23.7 Å². The molecule has 4 heterocycles. The van der Waals surface area contributed by atoms with E-state index >= 15 is 0 Å². The fourth-order valence-corrected chi connectivity index (χ4v) is 5.05. The number of halogens is 1. The van der Waals surface area contributed by atoms with E-state index in [2.05, 4.69) is 43.3 Å². The smallest absolute Gasteiger partial charge is 0.220 e. The number of nitrogens with zero attached hydrogens (tertiary/aromatic N) is 7. The monoisotopic (exact) mass is 496 g/mol. The highest BCUT2D eigenvalue weighted by atomic mass is 35.5. The first-order chi connectivity index (χ1) is 17.0. The van der Waals surface area contributed by atoms with Gasteiger partial charge in [-0.3, -0.25) is 9.69 Å². The number of benzene rings is 1. The number of aromatic nitrogens is 4. The number of hydrogen-bond acceptors (Lipinski definition) is 7. The second kappa shape index (κ2) is 10.9. The summed E-state index contributed by atoms with van der Waals surface area (Å²) in [4.78, 5) is 19.7. The fourth-order valence-electron chi connectivity index (χ4n) is 4.84. The lowest BCUT2D eigenvalue weighted by Gasteiger charge is -2.33. The van der Waals surface area contributed by atoms with Crippen molar-refractivity contribution in [3.8, 4) is 0 Å². The molecule has 0 radical (unpaired) electrons. The number of piperidine rings is 1. The maximum absolute atomic E-state index is 12.7. The van der Waals surface area contributed by atoms with Crippen molar-refractivity contribution in [1.29, 1.82) is 0 Å². The Hall–Kier alpha value is -2.75. The Kier molecular flexibility index (Phi) is 7.46. The lowest BCUT2D eigenvalue weighted by molar-refractivity contribution is -0.122. The molecule has 0 unspecified atom stereocenters. The number of carbonyl (C=O) groups is 1. The van der Waals surface area contributed by atoms with E-state index in [-0.39, 0.29) is 11.9 Å². The van der Waals surface area contributed by atoms with Crippen molar-refractivity contribution in [3.05, 3.63) is 52.8 Å². The minimum atomic E-state index is 0.0604. The molecule has 2 aromatic heterocycles. The van der Waals surface area contributed by atoms with Gasteiger partial charge in [0.15, 0.2) is 11.5 Å². The number of piperazine rings is 1. The number of anilines is 1. The molecule has 1 aromatic carbocycles. The topological polar surface area (TPSA) is 81.9 Å². The molecule has 1 N–H and O–H groups in total. The third-order valence-electron chi connectivity index (χ3n) is 6.96. The molecule has 0 spiro atoms. The van der Waals surface area contributed by atoms with Crippen molar-refractivity contribution in [2.75, 3.05) is 51.2 Å². The molecule has 35 heavy (non-hydrogen) atoms. The number of likely N-dealkylation sites (N-methyl/N-ethyl adjacent to an activating group) is 1. The first kappa shape index (κ1) is 24.0. The summed E-state index contributed by atoms with van der Waals surface area (Å²) in [6, 6.07) is 12.2. The number of hydrogen-bond donors (Lipinski definition) is 1. The first-order valence-electron chi connectivity index (χ1n) is 12.4. The third-order valence-corrected chi connectivity index (χ3v) is 7.20. The Morgan fingerprint density at radius 1 is 1.06 bits per heavy atom. The SMILES string of the molecule is CN1CCN(c2ccc3nnc(CCC(=O)NC4CCN(Cc5cccc(Cl)c5)CC4)n3n2)CC1. The van der Waals surface area contributed by atoms with Gasteiger partial charge in [-0.2, -0.15) is 4.52 Å². The number of amides is 1. The summed E-state index contributed by atoms with van der Waals surface area (Å²) in [6.45, 7) is 6.77. The lowest BCUT2D eigenvalue weighted by atomic mass is 10.0. The average Bonchev–Trinajstić information content (AvgIpc) is 3.27. The second-order valence-corrected chi connectivity index (χ2v) is 10.1. The van der Waals surface area contributed by atoms with Gasteiger partial charge in [0, 0.05) is 69.7 Å². The van der Waals surface area contributed by atoms with Crippen LogP contribution in [0.2, 0.25) is 5.02 Å². The fraction of sp³-hybridized carbons (Fsp3) is 0.520. The van der Waals surface area contributed by atoms with Crippen LogP contribution in [0, 0.1) is 0 Å². The highest BCUT2D eigenvalue weighted by molar-refractivity contribution is 6.30. The predicted molar refractivity (Wildman–Crippen MR) is 137 cm³/mol. The molecule has 2 aliphatic rings. The van der Waals surface area contributed by atoms with Crippen molar-refractivity contribution in [2.24, 2.45) is 0 Å². The van der Waals surface area contributed by atoms with Gasteiger partial charge in [-0.15, -0.1) is 15.3 Å². The van der Waals surface area contributed by atoms with Crippen LogP contribution in [-0.4, -0.2) is 87.9 Å². The van der Waals surface area contributed by atoms with Gasteiger partial charge in [-0.25, -0.2) is 0 Å². The molecule has 0 saturated carbocycles. The summed E-state index contributed by atoms with van der Waals surface area (Å²) in [5.74, 6) is 1.72. The molecule has 2 saturated heterocycles. The Morgan fingerprint density at radius 2 is 1.86 bits per heavy atom. The number of fused-ring (bicyclic) bond motifs is 1. The summed E-state index contributed by atoms with van der Waals surface area (Å²) in [6.07, 6.45) is 2.80. The van der Waals surface area contributed by atoms with Gasteiger partial charge >= 0.3 is 0 Å². The van der Waals surface area contributed by atoms with Crippen molar-refractivity contribution in [2.45, 2.75) is 38.3 Å². The summed E-state index contributed by atoms with van der Waals surface area (Å²) < 4.78 is 1.79. The van der Waals surface area contributed by atoms with Gasteiger partial charge in [0.2, 0.25) is 5.91 Å². The van der Waals surface area contributed by atoms with Crippen LogP contribution in [0.1, 0.15) is 30.7 Å². The number of aryl methyl sites for hydroxylation is 1. The van der Waals surface area contributed by atoms with Crippen LogP contribution in [0.5, 0.6) is 0 Å². The second-order valence-electron chi connectivity index (χ2n) is 9.62. The zero-order chi connectivity index (χ0) is 24.2. The van der Waals surface area contributed by atoms with Gasteiger partial charge < -0.3 is 15.1 Å². The molecule has 0 aliphatic carbocycles. The summed E-state index contributed by atoms with van der Waals surface area (Å²) in [7, 11) is 2.14. The number of rotatable bonds is 7. The predicted octanol–water partition coefficient (Wildman–Crippen LogP) is 2.24. The maximum Gasteiger partial charge on any atom is 0.220 e. The van der Waals surface area contributed by atoms with Crippen molar-refractivity contribution >= 4 is 29.0 Å². The number of nitrogens with one attached hydrogen (secondary N) is 1. The average molecular weight is 497 g/mol. The molecule has 3 aromatic rings. The third kappa shape index (κ3) is 6.09. The van der Waals surface area contributed by atoms with E-state index in [1.54, 1.807) is 4.52 Å². The summed E-state index contributed by atoms with van der Waals surface area (Å²) in [5.41, 5.74) is 1.94. The molecule has 1 amide bonds. The van der Waals surface area contributed by atoms with E-state index in [1.165, 1.54) is 5.56 Å². The molecule has 2 aliphatic heterocycles. The normalized spacial score (nSPS) is 18.3. The summed E-state index contributed by atoms with van der Waals surface area (Å²) >= 11 is 6.11. The Bertz CT molecular complexity index is 1150. The van der Waals surface area contributed by atoms with Crippen LogP contribution in [0.3, 0.4) is 0 Å². The van der Waals surface area contributed by atoms with Crippen LogP contribution >= 0.6 is 11.6 Å². The van der Waals surface area contributed by atoms with Gasteiger partial charge in [0.1, 0.15) is 5.82 Å². The molecule has 5 rings (SSSR count). The van der Waals surface area contributed by atoms with E-state index in [9.17, 15) is 4.79 Å². The molecule has 9 nitrogen and oxygen atoms in total. The summed E-state index contributed by atoms with van der Waals surface area (Å²) in [5, 5.41) is 17.3. The van der Waals surface area contributed by atoms with Crippen molar-refractivity contribution in [3.63, 3.8) is 0 Å². The zero-order valence-electron chi connectivity index (χ0n) is 20.2. The highest BCUT2D eigenvalue weighted by Crippen LogP contribution is 2.18. The van der Waals surface area contributed by atoms with E-state index in [4.69, 9.17) is 16.7 Å². The van der Waals surface area contributed by atoms with Crippen LogP contribution in [0.15, 0.2) is 36.4 Å². The zero-order valence-corrected chi connectivity index (χ0v) is 21.0. The molecule has 2 fully saturated rings. The van der Waals surface area contributed by atoms with Gasteiger partial charge in [-0.05, 0) is 49.7 Å². The van der Waals surface area contributed by atoms with Crippen molar-refractivity contribution < 1.29 is 4.79 Å². The minimum Gasteiger partial charge on any atom is -0.353 e. The quantitative estimate of drug-likeness (QED) is 0.537. The molecule has 0 atom stereocenters. The van der Waals surface area contributed by atoms with Crippen molar-refractivity contribution in [1.82, 2.24) is 34.9 Å². The van der Waals surface area contributed by atoms with Crippen LogP contribution in [0.4, 0.5) is 5.82 Å². The molecule has 0 bridgehead atoms. The molecule has 186 valence electrons. The molecular weight excluding hydrogens is 464 g/mol. The Morgan fingerprint density at radius 3 is 2.63 bits per heavy atom. The molecule has 10 heteroatoms. The van der Waals surface area contributed by atoms with E-state index in [0.29, 0.717) is 18.5 Å². The van der Waals surface area contributed by atoms with Crippen LogP contribution in [0.25, 0.3) is 5.65 Å². The Labute approximate surface area is 211 Å².